The van der Waals surface area contributed by atoms with Crippen molar-refractivity contribution in [3.8, 4) is 0 Å². The van der Waals surface area contributed by atoms with E-state index in [1.54, 1.807) is 12.1 Å². The van der Waals surface area contributed by atoms with Crippen LogP contribution in [0.2, 0.25) is 5.02 Å². The number of aryl methyl sites for hydroxylation is 1. The second kappa shape index (κ2) is 7.02. The van der Waals surface area contributed by atoms with Crippen LogP contribution in [-0.4, -0.2) is 26.0 Å². The molecule has 1 fully saturated rings. The molecule has 1 aliphatic heterocycles. The molecule has 0 spiro atoms. The SMILES string of the molecule is Cc1cc(Br)ccc1NC(=O)c1ccc(N2C(=O)CCS2(=O)=O)cc1Cl. The number of carbonyl (C=O) groups is 2. The Morgan fingerprint density at radius 2 is 1.96 bits per heavy atom. The summed E-state index contributed by atoms with van der Waals surface area (Å²) in [6, 6.07) is 9.54. The van der Waals surface area contributed by atoms with Crippen molar-refractivity contribution < 1.29 is 18.0 Å². The van der Waals surface area contributed by atoms with Gasteiger partial charge in [-0.05, 0) is 48.9 Å². The van der Waals surface area contributed by atoms with Gasteiger partial charge < -0.3 is 5.32 Å². The van der Waals surface area contributed by atoms with Gasteiger partial charge in [-0.25, -0.2) is 12.7 Å². The largest absolute Gasteiger partial charge is 0.322 e. The number of anilines is 2. The molecule has 1 saturated heterocycles. The molecule has 0 aliphatic carbocycles. The zero-order valence-electron chi connectivity index (χ0n) is 13.6. The third-order valence-corrected chi connectivity index (χ3v) is 6.44. The highest BCUT2D eigenvalue weighted by molar-refractivity contribution is 9.10. The lowest BCUT2D eigenvalue weighted by atomic mass is 10.1. The van der Waals surface area contributed by atoms with Crippen LogP contribution in [0.5, 0.6) is 0 Å². The molecule has 1 N–H and O–H groups in total. The first-order valence-electron chi connectivity index (χ1n) is 7.62. The van der Waals surface area contributed by atoms with Gasteiger partial charge in [0.25, 0.3) is 5.91 Å². The number of nitrogens with zero attached hydrogens (tertiary/aromatic N) is 1. The molecule has 6 nitrogen and oxygen atoms in total. The number of hydrogen-bond acceptors (Lipinski definition) is 4. The third-order valence-electron chi connectivity index (χ3n) is 3.95. The first-order valence-corrected chi connectivity index (χ1v) is 10.4. The van der Waals surface area contributed by atoms with Crippen LogP contribution in [0.25, 0.3) is 0 Å². The number of rotatable bonds is 3. The molecule has 26 heavy (non-hydrogen) atoms. The second-order valence-corrected chi connectivity index (χ2v) is 9.06. The summed E-state index contributed by atoms with van der Waals surface area (Å²) in [7, 11) is -3.68. The normalized spacial score (nSPS) is 16.0. The highest BCUT2D eigenvalue weighted by atomic mass is 79.9. The molecule has 2 aromatic rings. The Balaban J connectivity index is 1.88. The van der Waals surface area contributed by atoms with E-state index in [2.05, 4.69) is 21.2 Å². The molecule has 9 heteroatoms. The van der Waals surface area contributed by atoms with Gasteiger partial charge in [-0.3, -0.25) is 9.59 Å². The Morgan fingerprint density at radius 1 is 1.23 bits per heavy atom. The van der Waals surface area contributed by atoms with E-state index in [1.807, 2.05) is 13.0 Å². The number of hydrogen-bond donors (Lipinski definition) is 1. The van der Waals surface area contributed by atoms with Crippen molar-refractivity contribution in [2.75, 3.05) is 15.4 Å². The van der Waals surface area contributed by atoms with Gasteiger partial charge in [-0.1, -0.05) is 27.5 Å². The summed E-state index contributed by atoms with van der Waals surface area (Å²) >= 11 is 9.53. The van der Waals surface area contributed by atoms with E-state index in [9.17, 15) is 18.0 Å². The van der Waals surface area contributed by atoms with Crippen molar-refractivity contribution in [1.82, 2.24) is 0 Å². The molecule has 3 rings (SSSR count). The summed E-state index contributed by atoms with van der Waals surface area (Å²) in [6.45, 7) is 1.86. The molecule has 1 heterocycles. The highest BCUT2D eigenvalue weighted by Crippen LogP contribution is 2.30. The van der Waals surface area contributed by atoms with E-state index in [0.29, 0.717) is 5.69 Å². The fourth-order valence-corrected chi connectivity index (χ4v) is 4.83. The van der Waals surface area contributed by atoms with Gasteiger partial charge in [-0.2, -0.15) is 0 Å². The van der Waals surface area contributed by atoms with Gasteiger partial charge in [-0.15, -0.1) is 0 Å². The average molecular weight is 458 g/mol. The lowest BCUT2D eigenvalue weighted by molar-refractivity contribution is -0.116. The first kappa shape index (κ1) is 18.9. The second-order valence-electron chi connectivity index (χ2n) is 5.80. The standard InChI is InChI=1S/C17H14BrClN2O4S/c1-10-8-11(18)2-5-15(10)20-17(23)13-4-3-12(9-14(13)19)21-16(22)6-7-26(21,24)25/h2-5,8-9H,6-7H2,1H3,(H,20,23). The van der Waals surface area contributed by atoms with Gasteiger partial charge >= 0.3 is 0 Å². The third kappa shape index (κ3) is 3.62. The lowest BCUT2D eigenvalue weighted by Gasteiger charge is -2.16. The minimum atomic E-state index is -3.68. The number of amides is 2. The first-order chi connectivity index (χ1) is 12.2. The van der Waals surface area contributed by atoms with Gasteiger partial charge in [0.15, 0.2) is 0 Å². The smallest absolute Gasteiger partial charge is 0.257 e. The van der Waals surface area contributed by atoms with Crippen LogP contribution < -0.4 is 9.62 Å². The van der Waals surface area contributed by atoms with Crippen molar-refractivity contribution in [1.29, 1.82) is 0 Å². The van der Waals surface area contributed by atoms with Gasteiger partial charge in [0.2, 0.25) is 15.9 Å². The Bertz CT molecular complexity index is 1020. The monoisotopic (exact) mass is 456 g/mol. The van der Waals surface area contributed by atoms with Crippen LogP contribution in [0, 0.1) is 6.92 Å². The Hall–Kier alpha value is -1.90. The summed E-state index contributed by atoms with van der Waals surface area (Å²) < 4.78 is 25.6. The summed E-state index contributed by atoms with van der Waals surface area (Å²) in [5, 5.41) is 2.83. The van der Waals surface area contributed by atoms with Crippen LogP contribution in [0.3, 0.4) is 0 Å². The van der Waals surface area contributed by atoms with Gasteiger partial charge in [0.1, 0.15) is 0 Å². The molecular weight excluding hydrogens is 444 g/mol. The minimum Gasteiger partial charge on any atom is -0.322 e. The maximum Gasteiger partial charge on any atom is 0.257 e. The molecule has 0 radical (unpaired) electrons. The van der Waals surface area contributed by atoms with E-state index in [-0.39, 0.29) is 28.4 Å². The van der Waals surface area contributed by atoms with E-state index >= 15 is 0 Å². The van der Waals surface area contributed by atoms with Crippen LogP contribution in [-0.2, 0) is 14.8 Å². The highest BCUT2D eigenvalue weighted by Gasteiger charge is 2.36. The molecule has 0 saturated carbocycles. The van der Waals surface area contributed by atoms with Crippen LogP contribution in [0.15, 0.2) is 40.9 Å². The van der Waals surface area contributed by atoms with Crippen molar-refractivity contribution in [3.05, 3.63) is 57.0 Å². The summed E-state index contributed by atoms with van der Waals surface area (Å²) in [5.74, 6) is -1.17. The minimum absolute atomic E-state index is 0.0599. The van der Waals surface area contributed by atoms with Crippen molar-refractivity contribution in [2.24, 2.45) is 0 Å². The number of sulfonamides is 1. The summed E-state index contributed by atoms with van der Waals surface area (Å²) in [5.41, 5.74) is 1.82. The van der Waals surface area contributed by atoms with Crippen LogP contribution in [0.4, 0.5) is 11.4 Å². The number of carbonyl (C=O) groups excluding carboxylic acids is 2. The molecule has 2 aromatic carbocycles. The predicted octanol–water partition coefficient (Wildman–Crippen LogP) is 3.73. The van der Waals surface area contributed by atoms with E-state index in [0.717, 1.165) is 14.3 Å². The lowest BCUT2D eigenvalue weighted by Crippen LogP contribution is -2.29. The molecule has 0 atom stereocenters. The van der Waals surface area contributed by atoms with Gasteiger partial charge in [0.05, 0.1) is 22.0 Å². The number of halogens is 2. The zero-order valence-corrected chi connectivity index (χ0v) is 16.8. The van der Waals surface area contributed by atoms with E-state index in [4.69, 9.17) is 11.6 Å². The quantitative estimate of drug-likeness (QED) is 0.761. The Labute approximate surface area is 164 Å². The van der Waals surface area contributed by atoms with E-state index < -0.39 is 21.8 Å². The van der Waals surface area contributed by atoms with E-state index in [1.165, 1.54) is 18.2 Å². The molecular formula is C17H14BrClN2O4S. The predicted molar refractivity (Wildman–Crippen MR) is 104 cm³/mol. The molecule has 2 amide bonds. The van der Waals surface area contributed by atoms with Crippen LogP contribution >= 0.6 is 27.5 Å². The zero-order chi connectivity index (χ0) is 19.1. The Morgan fingerprint density at radius 3 is 2.54 bits per heavy atom. The maximum absolute atomic E-state index is 12.5. The molecule has 0 aromatic heterocycles. The topological polar surface area (TPSA) is 83.6 Å². The maximum atomic E-state index is 12.5. The number of benzene rings is 2. The number of nitrogens with one attached hydrogen (secondary N) is 1. The average Bonchev–Trinajstić information content (AvgIpc) is 2.83. The summed E-state index contributed by atoms with van der Waals surface area (Å²) in [4.78, 5) is 24.3. The van der Waals surface area contributed by atoms with Crippen molar-refractivity contribution >= 4 is 60.7 Å². The fourth-order valence-electron chi connectivity index (χ4n) is 2.64. The van der Waals surface area contributed by atoms with Crippen LogP contribution in [0.1, 0.15) is 22.3 Å². The molecule has 0 bridgehead atoms. The molecule has 136 valence electrons. The van der Waals surface area contributed by atoms with Crippen molar-refractivity contribution in [2.45, 2.75) is 13.3 Å². The Kier molecular flexibility index (Phi) is 5.09. The molecule has 0 unspecified atom stereocenters. The fraction of sp³-hybridized carbons (Fsp3) is 0.176. The summed E-state index contributed by atoms with van der Waals surface area (Å²) in [6.07, 6.45) is -0.0645. The molecule has 1 aliphatic rings. The van der Waals surface area contributed by atoms with Gasteiger partial charge in [0, 0.05) is 16.6 Å². The van der Waals surface area contributed by atoms with Crippen molar-refractivity contribution in [3.63, 3.8) is 0 Å².